The Kier molecular flexibility index (Phi) is 5.24. The van der Waals surface area contributed by atoms with E-state index in [9.17, 15) is 14.4 Å². The molecule has 2 aromatic carbocycles. The number of aromatic nitrogens is 3. The van der Waals surface area contributed by atoms with Gasteiger partial charge in [-0.2, -0.15) is 5.10 Å². The molecule has 0 aliphatic carbocycles. The number of aryl methyl sites for hydroxylation is 1. The molecule has 9 nitrogen and oxygen atoms in total. The summed E-state index contributed by atoms with van der Waals surface area (Å²) in [5, 5.41) is 12.4. The average Bonchev–Trinajstić information content (AvgIpc) is 3.31. The van der Waals surface area contributed by atoms with Crippen LogP contribution in [0.4, 0.5) is 10.5 Å². The van der Waals surface area contributed by atoms with Crippen molar-refractivity contribution in [3.8, 4) is 11.4 Å². The summed E-state index contributed by atoms with van der Waals surface area (Å²) in [5.41, 5.74) is 0.767. The van der Waals surface area contributed by atoms with Crippen LogP contribution in [0.2, 0.25) is 0 Å². The van der Waals surface area contributed by atoms with Gasteiger partial charge in [0.1, 0.15) is 17.9 Å². The molecule has 4 rings (SSSR count). The minimum atomic E-state index is -1.16. The van der Waals surface area contributed by atoms with Crippen molar-refractivity contribution in [1.29, 1.82) is 0 Å². The van der Waals surface area contributed by atoms with Crippen molar-refractivity contribution in [3.63, 3.8) is 0 Å². The Morgan fingerprint density at radius 3 is 2.58 bits per heavy atom. The maximum Gasteiger partial charge on any atom is 0.325 e. The quantitative estimate of drug-likeness (QED) is 0.532. The van der Waals surface area contributed by atoms with Crippen LogP contribution in [0.25, 0.3) is 11.4 Å². The van der Waals surface area contributed by atoms with Crippen molar-refractivity contribution >= 4 is 23.5 Å². The molecule has 1 atom stereocenters. The third-order valence-corrected chi connectivity index (χ3v) is 5.28. The number of hydrogen-bond acceptors (Lipinski definition) is 5. The predicted octanol–water partition coefficient (Wildman–Crippen LogP) is 2.58. The number of benzene rings is 2. The van der Waals surface area contributed by atoms with Crippen molar-refractivity contribution in [1.82, 2.24) is 25.4 Å². The number of imide groups is 1. The fourth-order valence-corrected chi connectivity index (χ4v) is 3.68. The highest BCUT2D eigenvalue weighted by atomic mass is 16.2. The van der Waals surface area contributed by atoms with E-state index >= 15 is 0 Å². The first kappa shape index (κ1) is 20.3. The summed E-state index contributed by atoms with van der Waals surface area (Å²) in [6, 6.07) is 15.5. The van der Waals surface area contributed by atoms with E-state index < -0.39 is 23.4 Å². The Balaban J connectivity index is 1.49. The lowest BCUT2D eigenvalue weighted by molar-refractivity contribution is -0.134. The number of rotatable bonds is 6. The van der Waals surface area contributed by atoms with Crippen molar-refractivity contribution in [2.45, 2.75) is 25.8 Å². The Labute approximate surface area is 178 Å². The molecule has 1 saturated heterocycles. The van der Waals surface area contributed by atoms with Crippen LogP contribution in [0.3, 0.4) is 0 Å². The molecule has 9 heteroatoms. The minimum absolute atomic E-state index is 0.373. The number of urea groups is 1. The third-order valence-electron chi connectivity index (χ3n) is 5.28. The maximum absolute atomic E-state index is 13.1. The second kappa shape index (κ2) is 8.02. The lowest BCUT2D eigenvalue weighted by Crippen LogP contribution is -2.44. The molecule has 1 aliphatic rings. The van der Waals surface area contributed by atoms with Crippen LogP contribution in [0.1, 0.15) is 24.7 Å². The number of nitrogens with zero attached hydrogens (tertiary/aromatic N) is 3. The van der Waals surface area contributed by atoms with Crippen LogP contribution in [-0.2, 0) is 15.1 Å². The number of carbonyl (C=O) groups excluding carboxylic acids is 3. The van der Waals surface area contributed by atoms with Gasteiger partial charge in [0.15, 0.2) is 5.82 Å². The van der Waals surface area contributed by atoms with Crippen LogP contribution in [-0.4, -0.2) is 44.5 Å². The fourth-order valence-electron chi connectivity index (χ4n) is 3.68. The lowest BCUT2D eigenvalue weighted by atomic mass is 9.87. The highest BCUT2D eigenvalue weighted by Gasteiger charge is 2.51. The molecule has 2 heterocycles. The van der Waals surface area contributed by atoms with Gasteiger partial charge in [0.2, 0.25) is 5.91 Å². The molecule has 1 aromatic heterocycles. The van der Waals surface area contributed by atoms with Crippen LogP contribution >= 0.6 is 0 Å². The van der Waals surface area contributed by atoms with Crippen LogP contribution in [0.15, 0.2) is 54.6 Å². The molecule has 0 radical (unpaired) electrons. The summed E-state index contributed by atoms with van der Waals surface area (Å²) in [4.78, 5) is 43.5. The minimum Gasteiger partial charge on any atom is -0.325 e. The molecule has 0 saturated carbocycles. The smallest absolute Gasteiger partial charge is 0.325 e. The van der Waals surface area contributed by atoms with E-state index in [1.807, 2.05) is 31.2 Å². The Morgan fingerprint density at radius 2 is 1.90 bits per heavy atom. The van der Waals surface area contributed by atoms with Gasteiger partial charge < -0.3 is 10.6 Å². The van der Waals surface area contributed by atoms with Gasteiger partial charge in [-0.25, -0.2) is 9.78 Å². The zero-order valence-electron chi connectivity index (χ0n) is 17.2. The molecular formula is C22H22N6O3. The van der Waals surface area contributed by atoms with Gasteiger partial charge in [0, 0.05) is 11.3 Å². The average molecular weight is 418 g/mol. The van der Waals surface area contributed by atoms with Crippen molar-refractivity contribution in [2.75, 3.05) is 11.9 Å². The monoisotopic (exact) mass is 418 g/mol. The molecule has 31 heavy (non-hydrogen) atoms. The van der Waals surface area contributed by atoms with Crippen LogP contribution in [0, 0.1) is 6.92 Å². The summed E-state index contributed by atoms with van der Waals surface area (Å²) < 4.78 is 0. The number of amides is 4. The van der Waals surface area contributed by atoms with Gasteiger partial charge in [0.05, 0.1) is 0 Å². The van der Waals surface area contributed by atoms with Gasteiger partial charge in [-0.05, 0) is 31.0 Å². The zero-order valence-corrected chi connectivity index (χ0v) is 17.2. The maximum atomic E-state index is 13.1. The lowest BCUT2D eigenvalue weighted by Gasteiger charge is -2.25. The Bertz CT molecular complexity index is 1140. The summed E-state index contributed by atoms with van der Waals surface area (Å²) in [6.45, 7) is 3.24. The Morgan fingerprint density at radius 1 is 1.13 bits per heavy atom. The van der Waals surface area contributed by atoms with E-state index in [1.54, 1.807) is 37.3 Å². The third kappa shape index (κ3) is 3.77. The fraction of sp³-hybridized carbons (Fsp3) is 0.227. The van der Waals surface area contributed by atoms with Crippen molar-refractivity contribution in [3.05, 3.63) is 66.0 Å². The first-order valence-electron chi connectivity index (χ1n) is 9.92. The van der Waals surface area contributed by atoms with E-state index in [4.69, 9.17) is 0 Å². The second-order valence-electron chi connectivity index (χ2n) is 7.32. The standard InChI is InChI=1S/C22H22N6O3/c1-3-22(16-9-5-4-6-10-16)20(30)28(21(31)25-22)13-18(29)24-17-11-7-8-15(12-17)19-23-14(2)26-27-19/h4-12H,3,13H2,1-2H3,(H,24,29)(H,25,31)(H,23,26,27). The van der Waals surface area contributed by atoms with Gasteiger partial charge in [-0.15, -0.1) is 0 Å². The van der Waals surface area contributed by atoms with Crippen molar-refractivity contribution in [2.24, 2.45) is 0 Å². The topological polar surface area (TPSA) is 120 Å². The van der Waals surface area contributed by atoms with E-state index in [2.05, 4.69) is 25.8 Å². The molecule has 1 aliphatic heterocycles. The van der Waals surface area contributed by atoms with Crippen LogP contribution in [0.5, 0.6) is 0 Å². The molecule has 0 spiro atoms. The zero-order chi connectivity index (χ0) is 22.0. The van der Waals surface area contributed by atoms with Gasteiger partial charge in [0.25, 0.3) is 5.91 Å². The van der Waals surface area contributed by atoms with E-state index in [0.29, 0.717) is 29.3 Å². The second-order valence-corrected chi connectivity index (χ2v) is 7.32. The number of aromatic amines is 1. The number of anilines is 1. The molecule has 1 fully saturated rings. The van der Waals surface area contributed by atoms with Gasteiger partial charge in [-0.1, -0.05) is 49.4 Å². The van der Waals surface area contributed by atoms with Gasteiger partial charge >= 0.3 is 6.03 Å². The predicted molar refractivity (Wildman–Crippen MR) is 114 cm³/mol. The number of carbonyl (C=O) groups is 3. The Hall–Kier alpha value is -4.01. The normalized spacial score (nSPS) is 18.2. The highest BCUT2D eigenvalue weighted by molar-refractivity contribution is 6.10. The first-order valence-corrected chi connectivity index (χ1v) is 9.92. The number of hydrogen-bond donors (Lipinski definition) is 3. The summed E-state index contributed by atoms with van der Waals surface area (Å²) in [6.07, 6.45) is 0.373. The van der Waals surface area contributed by atoms with E-state index in [-0.39, 0.29) is 6.54 Å². The first-order chi connectivity index (χ1) is 14.9. The largest absolute Gasteiger partial charge is 0.325 e. The highest BCUT2D eigenvalue weighted by Crippen LogP contribution is 2.32. The number of nitrogens with one attached hydrogen (secondary N) is 3. The molecule has 0 bridgehead atoms. The van der Waals surface area contributed by atoms with E-state index in [1.165, 1.54) is 0 Å². The summed E-state index contributed by atoms with van der Waals surface area (Å²) in [5.74, 6) is 0.275. The molecule has 3 N–H and O–H groups in total. The molecular weight excluding hydrogens is 396 g/mol. The summed E-state index contributed by atoms with van der Waals surface area (Å²) in [7, 11) is 0. The van der Waals surface area contributed by atoms with Gasteiger partial charge in [-0.3, -0.25) is 19.6 Å². The molecule has 3 aromatic rings. The van der Waals surface area contributed by atoms with E-state index in [0.717, 1.165) is 10.5 Å². The SMILES string of the molecule is CCC1(c2ccccc2)NC(=O)N(CC(=O)Nc2cccc(-c3n[nH]c(C)n3)c2)C1=O. The molecule has 158 valence electrons. The summed E-state index contributed by atoms with van der Waals surface area (Å²) >= 11 is 0. The molecule has 1 unspecified atom stereocenters. The van der Waals surface area contributed by atoms with Crippen molar-refractivity contribution < 1.29 is 14.4 Å². The number of H-pyrrole nitrogens is 1. The van der Waals surface area contributed by atoms with Crippen LogP contribution < -0.4 is 10.6 Å². The molecule has 4 amide bonds.